The van der Waals surface area contributed by atoms with Crippen LogP contribution in [0.5, 0.6) is 5.75 Å². The van der Waals surface area contributed by atoms with Gasteiger partial charge in [0.25, 0.3) is 5.69 Å². The van der Waals surface area contributed by atoms with Gasteiger partial charge in [-0.05, 0) is 18.9 Å². The average molecular weight is 358 g/mol. The maximum absolute atomic E-state index is 12.6. The molecule has 0 bridgehead atoms. The van der Waals surface area contributed by atoms with E-state index in [1.807, 2.05) is 0 Å². The number of phosphoric acid groups is 1. The molecule has 3 atom stereocenters. The van der Waals surface area contributed by atoms with Crippen LogP contribution in [0.25, 0.3) is 0 Å². The molecule has 1 saturated heterocycles. The molecule has 3 rings (SSSR count). The third-order valence-corrected chi connectivity index (χ3v) is 5.53. The second-order valence-corrected chi connectivity index (χ2v) is 7.23. The molecular weight excluding hydrogens is 343 g/mol. The van der Waals surface area contributed by atoms with Crippen LogP contribution in [-0.4, -0.2) is 22.6 Å². The molecule has 10 nitrogen and oxygen atoms in total. The highest BCUT2D eigenvalue weighted by Gasteiger charge is 2.44. The molecule has 0 amide bonds. The van der Waals surface area contributed by atoms with Crippen molar-refractivity contribution >= 4 is 19.2 Å². The molecule has 0 aromatic heterocycles. The molecule has 0 unspecified atom stereocenters. The first-order chi connectivity index (χ1) is 11.4. The Balaban J connectivity index is 1.83. The number of phosphoric ester groups is 1. The van der Waals surface area contributed by atoms with Crippen molar-refractivity contribution in [3.05, 3.63) is 38.4 Å². The molecule has 1 aromatic rings. The Morgan fingerprint density at radius 1 is 1.17 bits per heavy atom. The van der Waals surface area contributed by atoms with Crippen LogP contribution >= 0.6 is 7.82 Å². The van der Waals surface area contributed by atoms with Gasteiger partial charge in [0.15, 0.2) is 0 Å². The molecule has 0 spiro atoms. The van der Waals surface area contributed by atoms with Crippen LogP contribution in [0.1, 0.15) is 25.7 Å². The Morgan fingerprint density at radius 2 is 1.92 bits per heavy atom. The fourth-order valence-electron chi connectivity index (χ4n) is 2.89. The molecule has 24 heavy (non-hydrogen) atoms. The van der Waals surface area contributed by atoms with Crippen LogP contribution in [0, 0.1) is 26.1 Å². The molecule has 0 radical (unpaired) electrons. The highest BCUT2D eigenvalue weighted by molar-refractivity contribution is 7.49. The van der Waals surface area contributed by atoms with Crippen LogP contribution < -0.4 is 4.52 Å². The van der Waals surface area contributed by atoms with Gasteiger partial charge in [-0.1, -0.05) is 12.8 Å². The van der Waals surface area contributed by atoms with Crippen LogP contribution in [0.15, 0.2) is 18.2 Å². The summed E-state index contributed by atoms with van der Waals surface area (Å²) in [6.07, 6.45) is 3.35. The van der Waals surface area contributed by atoms with E-state index in [-0.39, 0.29) is 24.4 Å². The molecule has 1 aromatic carbocycles. The van der Waals surface area contributed by atoms with E-state index in [0.717, 1.165) is 43.9 Å². The fourth-order valence-corrected chi connectivity index (χ4v) is 4.43. The highest BCUT2D eigenvalue weighted by Crippen LogP contribution is 2.57. The lowest BCUT2D eigenvalue weighted by molar-refractivity contribution is -0.394. The molecule has 1 saturated carbocycles. The fraction of sp³-hybridized carbons (Fsp3) is 0.538. The predicted octanol–water partition coefficient (Wildman–Crippen LogP) is 3.60. The zero-order chi connectivity index (χ0) is 17.3. The lowest BCUT2D eigenvalue weighted by atomic mass is 9.87. The molecule has 2 aliphatic rings. The number of nitro groups is 2. The molecule has 1 aliphatic heterocycles. The van der Waals surface area contributed by atoms with E-state index in [2.05, 4.69) is 0 Å². The molecule has 2 fully saturated rings. The zero-order valence-corrected chi connectivity index (χ0v) is 13.4. The third kappa shape index (κ3) is 3.40. The predicted molar refractivity (Wildman–Crippen MR) is 80.8 cm³/mol. The summed E-state index contributed by atoms with van der Waals surface area (Å²) < 4.78 is 28.4. The third-order valence-electron chi connectivity index (χ3n) is 4.11. The summed E-state index contributed by atoms with van der Waals surface area (Å²) in [5.41, 5.74) is -1.14. The van der Waals surface area contributed by atoms with Crippen molar-refractivity contribution < 1.29 is 28.0 Å². The van der Waals surface area contributed by atoms with Gasteiger partial charge in [-0.2, -0.15) is 0 Å². The second-order valence-electron chi connectivity index (χ2n) is 5.69. The SMILES string of the molecule is O=[N+]([O-])c1ccc(O[P@@]2(=O)OC[C@H]3CCCC[C@@H]3O2)c([N+](=O)[O-])c1. The van der Waals surface area contributed by atoms with Crippen molar-refractivity contribution in [1.29, 1.82) is 0 Å². The summed E-state index contributed by atoms with van der Waals surface area (Å²) in [5.74, 6) is -0.250. The first-order valence-electron chi connectivity index (χ1n) is 7.43. The van der Waals surface area contributed by atoms with Crippen molar-refractivity contribution in [2.75, 3.05) is 6.61 Å². The first kappa shape index (κ1) is 16.8. The number of nitrogens with zero attached hydrogens (tertiary/aromatic N) is 2. The van der Waals surface area contributed by atoms with Crippen LogP contribution in [0.2, 0.25) is 0 Å². The smallest absolute Gasteiger partial charge is 0.397 e. The van der Waals surface area contributed by atoms with Gasteiger partial charge in [-0.25, -0.2) is 4.57 Å². The zero-order valence-electron chi connectivity index (χ0n) is 12.5. The van der Waals surface area contributed by atoms with Crippen molar-refractivity contribution in [2.45, 2.75) is 31.8 Å². The lowest BCUT2D eigenvalue weighted by Crippen LogP contribution is -2.35. The lowest BCUT2D eigenvalue weighted by Gasteiger charge is -2.37. The van der Waals surface area contributed by atoms with Crippen LogP contribution in [0.4, 0.5) is 11.4 Å². The summed E-state index contributed by atoms with van der Waals surface area (Å²) in [6.45, 7) is 0.197. The van der Waals surface area contributed by atoms with E-state index in [1.165, 1.54) is 0 Å². The molecule has 1 aliphatic carbocycles. The minimum absolute atomic E-state index is 0.135. The minimum atomic E-state index is -4.00. The number of benzene rings is 1. The Kier molecular flexibility index (Phi) is 4.53. The summed E-state index contributed by atoms with van der Waals surface area (Å²) in [7, 11) is -4.00. The number of rotatable bonds is 4. The number of nitro benzene ring substituents is 2. The molecule has 1 heterocycles. The number of hydrogen-bond donors (Lipinski definition) is 0. The number of non-ortho nitro benzene ring substituents is 1. The Hall–Kier alpha value is -2.03. The maximum atomic E-state index is 12.6. The second kappa shape index (κ2) is 6.46. The minimum Gasteiger partial charge on any atom is -0.397 e. The first-order valence-corrected chi connectivity index (χ1v) is 8.89. The van der Waals surface area contributed by atoms with E-state index in [1.54, 1.807) is 0 Å². The van der Waals surface area contributed by atoms with Crippen molar-refractivity contribution in [3.8, 4) is 5.75 Å². The van der Waals surface area contributed by atoms with E-state index in [4.69, 9.17) is 13.6 Å². The van der Waals surface area contributed by atoms with Gasteiger partial charge in [-0.15, -0.1) is 0 Å². The van der Waals surface area contributed by atoms with Gasteiger partial charge in [0.05, 0.1) is 28.6 Å². The van der Waals surface area contributed by atoms with Gasteiger partial charge < -0.3 is 4.52 Å². The Labute approximate surface area is 136 Å². The van der Waals surface area contributed by atoms with E-state index in [0.29, 0.717) is 0 Å². The number of fused-ring (bicyclic) bond motifs is 1. The van der Waals surface area contributed by atoms with Gasteiger partial charge in [0.1, 0.15) is 0 Å². The highest BCUT2D eigenvalue weighted by atomic mass is 31.2. The van der Waals surface area contributed by atoms with Crippen LogP contribution in [0.3, 0.4) is 0 Å². The van der Waals surface area contributed by atoms with Gasteiger partial charge in [0, 0.05) is 12.0 Å². The molecule has 0 N–H and O–H groups in total. The largest absolute Gasteiger partial charge is 0.530 e. The standard InChI is InChI=1S/C13H15N2O8P/c16-14(17)10-5-6-13(11(7-10)15(18)19)23-24(20)21-8-9-3-1-2-4-12(9)22-24/h5-7,9,12H,1-4,8H2/t9-,12+,24+/m1/s1. The Morgan fingerprint density at radius 3 is 2.62 bits per heavy atom. The van der Waals surface area contributed by atoms with Gasteiger partial charge in [-0.3, -0.25) is 29.3 Å². The van der Waals surface area contributed by atoms with E-state index in [9.17, 15) is 24.8 Å². The maximum Gasteiger partial charge on any atom is 0.530 e. The monoisotopic (exact) mass is 358 g/mol. The van der Waals surface area contributed by atoms with Gasteiger partial charge in [0.2, 0.25) is 5.75 Å². The van der Waals surface area contributed by atoms with Gasteiger partial charge >= 0.3 is 13.5 Å². The number of hydrogen-bond acceptors (Lipinski definition) is 8. The topological polar surface area (TPSA) is 131 Å². The molecule has 130 valence electrons. The summed E-state index contributed by atoms with van der Waals surface area (Å²) in [6, 6.07) is 2.80. The van der Waals surface area contributed by atoms with Crippen molar-refractivity contribution in [2.24, 2.45) is 5.92 Å². The van der Waals surface area contributed by atoms with Crippen molar-refractivity contribution in [3.63, 3.8) is 0 Å². The quantitative estimate of drug-likeness (QED) is 0.453. The van der Waals surface area contributed by atoms with Crippen molar-refractivity contribution in [1.82, 2.24) is 0 Å². The van der Waals surface area contributed by atoms with E-state index >= 15 is 0 Å². The molecular formula is C13H15N2O8P. The summed E-state index contributed by atoms with van der Waals surface area (Å²) >= 11 is 0. The average Bonchev–Trinajstić information content (AvgIpc) is 2.54. The summed E-state index contributed by atoms with van der Waals surface area (Å²) in [5, 5.41) is 21.8. The summed E-state index contributed by atoms with van der Waals surface area (Å²) in [4.78, 5) is 20.2. The molecule has 11 heteroatoms. The van der Waals surface area contributed by atoms with Crippen LogP contribution in [-0.2, 0) is 13.6 Å². The normalized spacial score (nSPS) is 29.5. The Bertz CT molecular complexity index is 724. The van der Waals surface area contributed by atoms with E-state index < -0.39 is 29.0 Å².